The first-order valence-electron chi connectivity index (χ1n) is 5.63. The highest BCUT2D eigenvalue weighted by Gasteiger charge is 2.16. The molecule has 1 atom stereocenters. The van der Waals surface area contributed by atoms with Gasteiger partial charge in [-0.25, -0.2) is 4.98 Å². The normalized spacial score (nSPS) is 21.8. The minimum Gasteiger partial charge on any atom is -0.449 e. The fraction of sp³-hybridized carbons (Fsp3) is 0.727. The van der Waals surface area contributed by atoms with Crippen LogP contribution in [0.3, 0.4) is 0 Å². The summed E-state index contributed by atoms with van der Waals surface area (Å²) in [6.07, 6.45) is 7.57. The van der Waals surface area contributed by atoms with E-state index in [-0.39, 0.29) is 0 Å². The van der Waals surface area contributed by atoms with Crippen molar-refractivity contribution in [2.75, 3.05) is 12.3 Å². The molecule has 4 heteroatoms. The molecular weight excluding hydrogens is 208 g/mol. The van der Waals surface area contributed by atoms with E-state index in [2.05, 4.69) is 16.7 Å². The van der Waals surface area contributed by atoms with Crippen LogP contribution < -0.4 is 5.73 Å². The Kier molecular flexibility index (Phi) is 4.09. The molecular formula is C11H18N2OS. The van der Waals surface area contributed by atoms with Gasteiger partial charge in [0.05, 0.1) is 5.69 Å². The van der Waals surface area contributed by atoms with Crippen LogP contribution in [-0.4, -0.2) is 22.5 Å². The summed E-state index contributed by atoms with van der Waals surface area (Å²) in [6, 6.07) is 0. The molecule has 0 radical (unpaired) electrons. The maximum atomic E-state index is 5.47. The first kappa shape index (κ1) is 11.0. The lowest BCUT2D eigenvalue weighted by molar-refractivity contribution is 0.481. The van der Waals surface area contributed by atoms with Crippen LogP contribution in [0.2, 0.25) is 0 Å². The fourth-order valence-electron chi connectivity index (χ4n) is 1.87. The van der Waals surface area contributed by atoms with Crippen molar-refractivity contribution in [1.82, 2.24) is 4.98 Å². The second-order valence-corrected chi connectivity index (χ2v) is 5.37. The summed E-state index contributed by atoms with van der Waals surface area (Å²) in [5.74, 6) is 2.18. The number of hydrogen-bond donors (Lipinski definition) is 1. The summed E-state index contributed by atoms with van der Waals surface area (Å²) in [5.41, 5.74) is 6.46. The molecule has 0 bridgehead atoms. The van der Waals surface area contributed by atoms with Crippen molar-refractivity contribution < 1.29 is 4.42 Å². The van der Waals surface area contributed by atoms with Crippen molar-refractivity contribution >= 4 is 11.8 Å². The molecule has 0 saturated carbocycles. The molecule has 0 aliphatic carbocycles. The van der Waals surface area contributed by atoms with Crippen molar-refractivity contribution in [3.63, 3.8) is 0 Å². The van der Waals surface area contributed by atoms with Crippen LogP contribution in [-0.2, 0) is 12.8 Å². The van der Waals surface area contributed by atoms with Gasteiger partial charge in [0.2, 0.25) is 0 Å². The van der Waals surface area contributed by atoms with E-state index in [9.17, 15) is 0 Å². The van der Waals surface area contributed by atoms with Gasteiger partial charge in [-0.2, -0.15) is 11.8 Å². The highest BCUT2D eigenvalue weighted by atomic mass is 32.2. The SMILES string of the molecule is NCCc1coc(CC2CCCCS2)n1. The number of oxazole rings is 1. The zero-order valence-corrected chi connectivity index (χ0v) is 9.76. The lowest BCUT2D eigenvalue weighted by Gasteiger charge is -2.19. The van der Waals surface area contributed by atoms with Crippen molar-refractivity contribution in [2.45, 2.75) is 37.4 Å². The predicted octanol–water partition coefficient (Wildman–Crippen LogP) is 2.00. The van der Waals surface area contributed by atoms with Gasteiger partial charge in [0, 0.05) is 18.1 Å². The molecule has 0 amide bonds. The molecule has 1 aliphatic rings. The van der Waals surface area contributed by atoms with Crippen molar-refractivity contribution in [1.29, 1.82) is 0 Å². The minimum absolute atomic E-state index is 0.643. The van der Waals surface area contributed by atoms with Gasteiger partial charge in [-0.05, 0) is 25.1 Å². The zero-order valence-electron chi connectivity index (χ0n) is 8.95. The number of nitrogens with two attached hydrogens (primary N) is 1. The van der Waals surface area contributed by atoms with Crippen molar-refractivity contribution in [3.05, 3.63) is 17.8 Å². The number of thioether (sulfide) groups is 1. The van der Waals surface area contributed by atoms with Crippen LogP contribution in [0.4, 0.5) is 0 Å². The molecule has 84 valence electrons. The third-order valence-electron chi connectivity index (χ3n) is 2.68. The fourth-order valence-corrected chi connectivity index (χ4v) is 3.17. The van der Waals surface area contributed by atoms with Gasteiger partial charge in [0.25, 0.3) is 0 Å². The Morgan fingerprint density at radius 2 is 2.47 bits per heavy atom. The molecule has 1 aromatic rings. The average Bonchev–Trinajstić information content (AvgIpc) is 2.68. The molecule has 1 aromatic heterocycles. The van der Waals surface area contributed by atoms with E-state index in [1.54, 1.807) is 6.26 Å². The van der Waals surface area contributed by atoms with Gasteiger partial charge in [-0.1, -0.05) is 6.42 Å². The Morgan fingerprint density at radius 3 is 3.20 bits per heavy atom. The standard InChI is InChI=1S/C11H18N2OS/c12-5-4-9-8-14-11(13-9)7-10-3-1-2-6-15-10/h8,10H,1-7,12H2. The highest BCUT2D eigenvalue weighted by Crippen LogP contribution is 2.27. The molecule has 1 saturated heterocycles. The third-order valence-corrected chi connectivity index (χ3v) is 4.07. The topological polar surface area (TPSA) is 52.0 Å². The first-order valence-corrected chi connectivity index (χ1v) is 6.68. The lowest BCUT2D eigenvalue weighted by Crippen LogP contribution is -2.12. The Labute approximate surface area is 94.8 Å². The minimum atomic E-state index is 0.643. The van der Waals surface area contributed by atoms with Gasteiger partial charge in [-0.3, -0.25) is 0 Å². The molecule has 2 N–H and O–H groups in total. The second kappa shape index (κ2) is 5.56. The quantitative estimate of drug-likeness (QED) is 0.853. The Morgan fingerprint density at radius 1 is 1.53 bits per heavy atom. The maximum Gasteiger partial charge on any atom is 0.195 e. The van der Waals surface area contributed by atoms with Gasteiger partial charge in [0.1, 0.15) is 6.26 Å². The van der Waals surface area contributed by atoms with Gasteiger partial charge < -0.3 is 10.2 Å². The Hall–Kier alpha value is -0.480. The lowest BCUT2D eigenvalue weighted by atomic mass is 10.1. The molecule has 1 fully saturated rings. The van der Waals surface area contributed by atoms with E-state index in [4.69, 9.17) is 10.2 Å². The zero-order chi connectivity index (χ0) is 10.5. The Balaban J connectivity index is 1.86. The molecule has 1 unspecified atom stereocenters. The van der Waals surface area contributed by atoms with E-state index >= 15 is 0 Å². The smallest absolute Gasteiger partial charge is 0.195 e. The van der Waals surface area contributed by atoms with E-state index in [0.29, 0.717) is 11.8 Å². The van der Waals surface area contributed by atoms with Crippen LogP contribution in [0.1, 0.15) is 30.8 Å². The summed E-state index contributed by atoms with van der Waals surface area (Å²) in [6.45, 7) is 0.643. The molecule has 0 spiro atoms. The molecule has 2 rings (SSSR count). The Bertz CT molecular complexity index is 295. The molecule has 3 nitrogen and oxygen atoms in total. The largest absolute Gasteiger partial charge is 0.449 e. The third kappa shape index (κ3) is 3.24. The van der Waals surface area contributed by atoms with Crippen LogP contribution in [0.15, 0.2) is 10.7 Å². The molecule has 15 heavy (non-hydrogen) atoms. The number of hydrogen-bond acceptors (Lipinski definition) is 4. The summed E-state index contributed by atoms with van der Waals surface area (Å²) in [4.78, 5) is 4.43. The van der Waals surface area contributed by atoms with Gasteiger partial charge in [0.15, 0.2) is 5.89 Å². The van der Waals surface area contributed by atoms with E-state index in [1.165, 1.54) is 25.0 Å². The van der Waals surface area contributed by atoms with Crippen LogP contribution in [0.25, 0.3) is 0 Å². The van der Waals surface area contributed by atoms with Crippen LogP contribution in [0.5, 0.6) is 0 Å². The van der Waals surface area contributed by atoms with E-state index < -0.39 is 0 Å². The van der Waals surface area contributed by atoms with E-state index in [0.717, 1.165) is 24.4 Å². The number of rotatable bonds is 4. The maximum absolute atomic E-state index is 5.47. The average molecular weight is 226 g/mol. The highest BCUT2D eigenvalue weighted by molar-refractivity contribution is 7.99. The van der Waals surface area contributed by atoms with Crippen LogP contribution in [0, 0.1) is 0 Å². The van der Waals surface area contributed by atoms with Crippen LogP contribution >= 0.6 is 11.8 Å². The number of aromatic nitrogens is 1. The van der Waals surface area contributed by atoms with E-state index in [1.807, 2.05) is 0 Å². The summed E-state index contributed by atoms with van der Waals surface area (Å²) in [7, 11) is 0. The van der Waals surface area contributed by atoms with Gasteiger partial charge in [-0.15, -0.1) is 0 Å². The predicted molar refractivity (Wildman–Crippen MR) is 63.1 cm³/mol. The second-order valence-electron chi connectivity index (χ2n) is 3.96. The summed E-state index contributed by atoms with van der Waals surface area (Å²) >= 11 is 2.06. The molecule has 2 heterocycles. The monoisotopic (exact) mass is 226 g/mol. The van der Waals surface area contributed by atoms with Gasteiger partial charge >= 0.3 is 0 Å². The molecule has 1 aliphatic heterocycles. The number of nitrogens with zero attached hydrogens (tertiary/aromatic N) is 1. The summed E-state index contributed by atoms with van der Waals surface area (Å²) < 4.78 is 5.44. The van der Waals surface area contributed by atoms with Crippen molar-refractivity contribution in [2.24, 2.45) is 5.73 Å². The summed E-state index contributed by atoms with van der Waals surface area (Å²) in [5, 5.41) is 0.711. The first-order chi connectivity index (χ1) is 7.38. The van der Waals surface area contributed by atoms with Crippen molar-refractivity contribution in [3.8, 4) is 0 Å². The molecule has 0 aromatic carbocycles.